The van der Waals surface area contributed by atoms with Gasteiger partial charge in [-0.1, -0.05) is 32.4 Å². The van der Waals surface area contributed by atoms with E-state index in [9.17, 15) is 19.5 Å². The fraction of sp³-hybridized carbons (Fsp3) is 0.690. The SMILES string of the molecule is CC[C@H]1[C@@H]2C3OC3[C@H]3[C@H](C[C@H]4/C=C/C(O)=C5/C(=O)N[C@@H](CCCNC(=O)/C=C\C[C@H]34)C5=O)[C@H]2C[C@H]1C. The maximum atomic E-state index is 12.8. The normalized spacial score (nSPS) is 49.8. The summed E-state index contributed by atoms with van der Waals surface area (Å²) < 4.78 is 6.40. The van der Waals surface area contributed by atoms with Crippen molar-refractivity contribution in [3.63, 3.8) is 0 Å². The van der Waals surface area contributed by atoms with Crippen LogP contribution in [-0.2, 0) is 19.1 Å². The van der Waals surface area contributed by atoms with Crippen molar-refractivity contribution in [3.05, 3.63) is 35.6 Å². The van der Waals surface area contributed by atoms with Crippen molar-refractivity contribution in [2.45, 2.75) is 70.6 Å². The molecule has 3 aliphatic heterocycles. The zero-order valence-corrected chi connectivity index (χ0v) is 21.2. The number of aliphatic hydroxyl groups is 1. The fourth-order valence-electron chi connectivity index (χ4n) is 8.82. The van der Waals surface area contributed by atoms with Crippen molar-refractivity contribution in [2.75, 3.05) is 6.54 Å². The van der Waals surface area contributed by atoms with E-state index in [2.05, 4.69) is 24.5 Å². The quantitative estimate of drug-likeness (QED) is 0.383. The molecule has 3 heterocycles. The molecule has 3 aliphatic carbocycles. The minimum absolute atomic E-state index is 0.122. The minimum Gasteiger partial charge on any atom is -0.507 e. The second kappa shape index (κ2) is 9.16. The van der Waals surface area contributed by atoms with Crippen LogP contribution in [0.3, 0.4) is 0 Å². The van der Waals surface area contributed by atoms with Gasteiger partial charge in [0, 0.05) is 6.54 Å². The fourth-order valence-corrected chi connectivity index (χ4v) is 8.82. The lowest BCUT2D eigenvalue weighted by molar-refractivity contribution is -0.118. The van der Waals surface area contributed by atoms with Crippen LogP contribution in [0.15, 0.2) is 35.6 Å². The summed E-state index contributed by atoms with van der Waals surface area (Å²) in [6, 6.07) is -0.651. The Morgan fingerprint density at radius 1 is 1.06 bits per heavy atom. The highest BCUT2D eigenvalue weighted by atomic mass is 16.6. The van der Waals surface area contributed by atoms with Crippen LogP contribution in [0, 0.1) is 47.3 Å². The van der Waals surface area contributed by atoms with Crippen LogP contribution in [0.5, 0.6) is 0 Å². The van der Waals surface area contributed by atoms with E-state index in [0.29, 0.717) is 67.1 Å². The molecule has 5 fully saturated rings. The Kier molecular flexibility index (Phi) is 6.09. The maximum absolute atomic E-state index is 12.8. The number of hydrogen-bond acceptors (Lipinski definition) is 5. The third kappa shape index (κ3) is 3.85. The van der Waals surface area contributed by atoms with Gasteiger partial charge < -0.3 is 20.5 Å². The molecule has 194 valence electrons. The number of allylic oxidation sites excluding steroid dienone is 3. The number of fused-ring (bicyclic) bond motifs is 10. The molecule has 0 radical (unpaired) electrons. The number of carbonyl (C=O) groups is 3. The van der Waals surface area contributed by atoms with Crippen molar-refractivity contribution in [1.29, 1.82) is 0 Å². The number of aliphatic hydroxyl groups excluding tert-OH is 1. The topological polar surface area (TPSA) is 108 Å². The molecule has 0 aromatic rings. The predicted molar refractivity (Wildman–Crippen MR) is 134 cm³/mol. The highest BCUT2D eigenvalue weighted by Gasteiger charge is 2.67. The van der Waals surface area contributed by atoms with Gasteiger partial charge in [-0.05, 0) is 91.6 Å². The third-order valence-electron chi connectivity index (χ3n) is 10.3. The molecule has 36 heavy (non-hydrogen) atoms. The summed E-state index contributed by atoms with van der Waals surface area (Å²) in [7, 11) is 0. The maximum Gasteiger partial charge on any atom is 0.259 e. The van der Waals surface area contributed by atoms with E-state index < -0.39 is 11.9 Å². The molecule has 2 saturated heterocycles. The van der Waals surface area contributed by atoms with Gasteiger partial charge in [0.1, 0.15) is 11.3 Å². The van der Waals surface area contributed by atoms with Gasteiger partial charge in [-0.25, -0.2) is 0 Å². The number of hydrogen-bond donors (Lipinski definition) is 3. The van der Waals surface area contributed by atoms with Gasteiger partial charge >= 0.3 is 0 Å². The summed E-state index contributed by atoms with van der Waals surface area (Å²) in [5, 5.41) is 16.4. The van der Waals surface area contributed by atoms with E-state index >= 15 is 0 Å². The second-order valence-electron chi connectivity index (χ2n) is 12.0. The summed E-state index contributed by atoms with van der Waals surface area (Å²) in [4.78, 5) is 37.7. The van der Waals surface area contributed by atoms with E-state index in [4.69, 9.17) is 4.74 Å². The molecule has 3 N–H and O–H groups in total. The van der Waals surface area contributed by atoms with Gasteiger partial charge in [0.25, 0.3) is 5.91 Å². The Balaban J connectivity index is 1.32. The molecule has 2 amide bonds. The number of rotatable bonds is 1. The molecule has 11 atom stereocenters. The van der Waals surface area contributed by atoms with Crippen LogP contribution in [0.2, 0.25) is 0 Å². The Hall–Kier alpha value is -2.41. The van der Waals surface area contributed by atoms with Crippen LogP contribution in [0.4, 0.5) is 0 Å². The predicted octanol–water partition coefficient (Wildman–Crippen LogP) is 3.23. The molecule has 0 aromatic carbocycles. The summed E-state index contributed by atoms with van der Waals surface area (Å²) in [6.07, 6.45) is 13.1. The first-order chi connectivity index (χ1) is 17.4. The first-order valence-corrected chi connectivity index (χ1v) is 13.9. The lowest BCUT2D eigenvalue weighted by Gasteiger charge is -2.36. The zero-order valence-electron chi connectivity index (χ0n) is 21.2. The van der Waals surface area contributed by atoms with Crippen molar-refractivity contribution >= 4 is 17.6 Å². The average Bonchev–Trinajstić information content (AvgIpc) is 3.32. The molecule has 7 heteroatoms. The molecule has 6 rings (SSSR count). The van der Waals surface area contributed by atoms with Gasteiger partial charge in [-0.15, -0.1) is 0 Å². The molecular formula is C29H38N2O5. The van der Waals surface area contributed by atoms with Gasteiger partial charge in [-0.3, -0.25) is 14.4 Å². The molecule has 2 unspecified atom stereocenters. The van der Waals surface area contributed by atoms with Crippen LogP contribution in [0.1, 0.15) is 52.4 Å². The van der Waals surface area contributed by atoms with Crippen molar-refractivity contribution in [1.82, 2.24) is 10.6 Å². The lowest BCUT2D eigenvalue weighted by Crippen LogP contribution is -2.39. The van der Waals surface area contributed by atoms with Gasteiger partial charge in [0.2, 0.25) is 5.91 Å². The highest BCUT2D eigenvalue weighted by molar-refractivity contribution is 6.27. The summed E-state index contributed by atoms with van der Waals surface area (Å²) >= 11 is 0. The standard InChI is InChI=1S/C29H38N2O5/c1-3-16-14(2)12-18-19-13-15-9-10-21(32)25-26(34)20(31-29(25)35)7-5-11-30-22(33)8-4-6-17(15)24(19)28-27(36-28)23(16)18/h4,8-10,14-20,23-24,27-28,32H,3,5-7,11-13H2,1-2H3,(H,30,33)(H,31,35)/b8-4-,10-9+,25-21-/t14-,15-,16-,17+,18-,19-,20+,23+,24-,27?,28?/m1/s1. The van der Waals surface area contributed by atoms with Crippen molar-refractivity contribution in [3.8, 4) is 0 Å². The molecule has 6 aliphatic rings. The molecular weight excluding hydrogens is 456 g/mol. The van der Waals surface area contributed by atoms with E-state index in [1.807, 2.05) is 12.2 Å². The summed E-state index contributed by atoms with van der Waals surface area (Å²) in [5.41, 5.74) is -0.139. The van der Waals surface area contributed by atoms with E-state index in [1.54, 1.807) is 12.2 Å². The van der Waals surface area contributed by atoms with Gasteiger partial charge in [-0.2, -0.15) is 0 Å². The Bertz CT molecular complexity index is 1050. The number of epoxide rings is 1. The lowest BCUT2D eigenvalue weighted by atomic mass is 9.65. The minimum atomic E-state index is -0.651. The summed E-state index contributed by atoms with van der Waals surface area (Å²) in [6.45, 7) is 5.14. The monoisotopic (exact) mass is 494 g/mol. The highest BCUT2D eigenvalue weighted by Crippen LogP contribution is 2.66. The van der Waals surface area contributed by atoms with Gasteiger partial charge in [0.05, 0.1) is 18.2 Å². The van der Waals surface area contributed by atoms with E-state index in [1.165, 1.54) is 12.8 Å². The largest absolute Gasteiger partial charge is 0.507 e. The molecule has 3 saturated carbocycles. The second-order valence-corrected chi connectivity index (χ2v) is 12.0. The van der Waals surface area contributed by atoms with Crippen LogP contribution in [-0.4, -0.2) is 47.5 Å². The zero-order chi connectivity index (χ0) is 25.1. The van der Waals surface area contributed by atoms with Crippen molar-refractivity contribution in [2.24, 2.45) is 47.3 Å². The van der Waals surface area contributed by atoms with Crippen molar-refractivity contribution < 1.29 is 24.2 Å². The number of ketones is 1. The van der Waals surface area contributed by atoms with Crippen LogP contribution in [0.25, 0.3) is 0 Å². The molecule has 0 spiro atoms. The Morgan fingerprint density at radius 2 is 1.83 bits per heavy atom. The molecule has 2 bridgehead atoms. The Labute approximate surface area is 212 Å². The number of ether oxygens (including phenoxy) is 1. The molecule has 0 aromatic heterocycles. The van der Waals surface area contributed by atoms with Crippen LogP contribution >= 0.6 is 0 Å². The Morgan fingerprint density at radius 3 is 2.64 bits per heavy atom. The smallest absolute Gasteiger partial charge is 0.259 e. The van der Waals surface area contributed by atoms with Crippen LogP contribution < -0.4 is 10.6 Å². The third-order valence-corrected chi connectivity index (χ3v) is 10.3. The van der Waals surface area contributed by atoms with E-state index in [-0.39, 0.29) is 28.9 Å². The first kappa shape index (κ1) is 24.0. The average molecular weight is 495 g/mol. The number of Topliss-reactive ketones (excluding diaryl/α,β-unsaturated/α-hetero) is 1. The number of amides is 2. The molecule has 7 nitrogen and oxygen atoms in total. The number of nitrogens with one attached hydrogen (secondary N) is 2. The first-order valence-electron chi connectivity index (χ1n) is 13.9. The van der Waals surface area contributed by atoms with Gasteiger partial charge in [0.15, 0.2) is 5.78 Å². The summed E-state index contributed by atoms with van der Waals surface area (Å²) in [5.74, 6) is 3.03. The van der Waals surface area contributed by atoms with E-state index in [0.717, 1.165) is 18.8 Å². The number of carbonyl (C=O) groups excluding carboxylic acids is 3.